The normalized spacial score (nSPS) is 25.3. The average molecular weight is 282 g/mol. The van der Waals surface area contributed by atoms with E-state index in [0.717, 1.165) is 0 Å². The molecule has 0 N–H and O–H groups in total. The summed E-state index contributed by atoms with van der Waals surface area (Å²) in [6, 6.07) is 3.30. The van der Waals surface area contributed by atoms with Crippen molar-refractivity contribution in [3.63, 3.8) is 0 Å². The van der Waals surface area contributed by atoms with Gasteiger partial charge in [0.2, 0.25) is 0 Å². The Kier molecular flexibility index (Phi) is 6.25. The Morgan fingerprint density at radius 3 is 2.16 bits per heavy atom. The molecule has 2 atom stereocenters. The number of aliphatic imine (C=N–C) groups is 2. The van der Waals surface area contributed by atoms with Gasteiger partial charge in [0, 0.05) is 17.1 Å². The molecule has 0 amide bonds. The van der Waals surface area contributed by atoms with Crippen molar-refractivity contribution in [1.82, 2.24) is 0 Å². The fourth-order valence-electron chi connectivity index (χ4n) is 3.25. The molecule has 0 radical (unpaired) electrons. The summed E-state index contributed by atoms with van der Waals surface area (Å²) in [7, 11) is -0.896. The first-order chi connectivity index (χ1) is 9.27. The molecule has 0 bridgehead atoms. The van der Waals surface area contributed by atoms with Gasteiger partial charge in [-0.05, 0) is 31.6 Å². The van der Waals surface area contributed by atoms with Crippen LogP contribution in [0.25, 0.3) is 0 Å². The highest BCUT2D eigenvalue weighted by Crippen LogP contribution is 2.29. The minimum absolute atomic E-state index is 0.0763. The Balaban J connectivity index is 1.94. The highest BCUT2D eigenvalue weighted by atomic mass is 32.2. The number of hydrogen-bond acceptors (Lipinski definition) is 3. The van der Waals surface area contributed by atoms with Gasteiger partial charge in [-0.25, -0.2) is 9.98 Å². The van der Waals surface area contributed by atoms with Gasteiger partial charge in [0.1, 0.15) is 5.37 Å². The maximum atomic E-state index is 11.9. The predicted molar refractivity (Wildman–Crippen MR) is 81.2 cm³/mol. The Labute approximate surface area is 119 Å². The van der Waals surface area contributed by atoms with Crippen LogP contribution in [0.5, 0.6) is 0 Å². The molecule has 2 aliphatic carbocycles. The fourth-order valence-corrected chi connectivity index (χ4v) is 4.26. The predicted octanol–water partition coefficient (Wildman–Crippen LogP) is 3.78. The van der Waals surface area contributed by atoms with Crippen LogP contribution in [-0.2, 0) is 10.8 Å². The molecular weight excluding hydrogens is 256 g/mol. The third kappa shape index (κ3) is 4.85. The molecule has 2 rings (SSSR count). The minimum Gasteiger partial charge on any atom is -0.258 e. The van der Waals surface area contributed by atoms with Crippen molar-refractivity contribution in [2.75, 3.05) is 6.26 Å². The molecule has 0 spiro atoms. The van der Waals surface area contributed by atoms with Crippen molar-refractivity contribution in [1.29, 1.82) is 0 Å². The second-order valence-electron chi connectivity index (χ2n) is 5.94. The first-order valence-electron chi connectivity index (χ1n) is 7.74. The first-order valence-corrected chi connectivity index (χ1v) is 9.36. The molecule has 0 heterocycles. The van der Waals surface area contributed by atoms with Crippen molar-refractivity contribution < 1.29 is 4.21 Å². The van der Waals surface area contributed by atoms with Crippen LogP contribution in [-0.4, -0.2) is 27.9 Å². The van der Waals surface area contributed by atoms with E-state index in [2.05, 4.69) is 16.0 Å². The number of hydrogen-bond donors (Lipinski definition) is 0. The zero-order valence-electron chi connectivity index (χ0n) is 12.0. The fraction of sp³-hybridized carbons (Fsp3) is 0.933. The van der Waals surface area contributed by atoms with Gasteiger partial charge in [0.05, 0.1) is 12.1 Å². The topological polar surface area (TPSA) is 41.8 Å². The minimum atomic E-state index is -0.896. The van der Waals surface area contributed by atoms with E-state index in [4.69, 9.17) is 0 Å². The summed E-state index contributed by atoms with van der Waals surface area (Å²) in [5.41, 5.74) is 0. The van der Waals surface area contributed by atoms with E-state index in [1.54, 1.807) is 6.26 Å². The molecule has 108 valence electrons. The Bertz CT molecular complexity index is 351. The highest BCUT2D eigenvalue weighted by molar-refractivity contribution is 7.84. The van der Waals surface area contributed by atoms with E-state index in [-0.39, 0.29) is 5.37 Å². The van der Waals surface area contributed by atoms with Crippen molar-refractivity contribution in [2.24, 2.45) is 15.9 Å². The third-order valence-corrected chi connectivity index (χ3v) is 5.56. The van der Waals surface area contributed by atoms with Crippen LogP contribution in [0.2, 0.25) is 0 Å². The van der Waals surface area contributed by atoms with Crippen molar-refractivity contribution in [2.45, 2.75) is 75.6 Å². The second kappa shape index (κ2) is 7.96. The Morgan fingerprint density at radius 2 is 1.58 bits per heavy atom. The van der Waals surface area contributed by atoms with Gasteiger partial charge < -0.3 is 0 Å². The van der Waals surface area contributed by atoms with E-state index < -0.39 is 10.8 Å². The molecule has 3 nitrogen and oxygen atoms in total. The van der Waals surface area contributed by atoms with Gasteiger partial charge in [-0.3, -0.25) is 4.21 Å². The average Bonchev–Trinajstić information content (AvgIpc) is 2.45. The van der Waals surface area contributed by atoms with E-state index in [9.17, 15) is 4.21 Å². The van der Waals surface area contributed by atoms with Gasteiger partial charge in [-0.15, -0.1) is 0 Å². The smallest absolute Gasteiger partial charge is 0.138 e. The van der Waals surface area contributed by atoms with E-state index >= 15 is 0 Å². The van der Waals surface area contributed by atoms with Crippen LogP contribution in [0.3, 0.4) is 0 Å². The standard InChI is InChI=1S/C15H26N2OS/c1-19(18)15(13-8-4-2-5-9-13)17-12-16-14-10-6-3-7-11-14/h13-15H,2-11H2,1H3. The lowest BCUT2D eigenvalue weighted by molar-refractivity contribution is 0.349. The largest absolute Gasteiger partial charge is 0.258 e. The van der Waals surface area contributed by atoms with Gasteiger partial charge in [0.25, 0.3) is 0 Å². The molecular formula is C15H26N2OS. The molecule has 4 heteroatoms. The Hall–Kier alpha value is -0.470. The second-order valence-corrected chi connectivity index (χ2v) is 7.42. The lowest BCUT2D eigenvalue weighted by Crippen LogP contribution is -2.25. The molecule has 2 unspecified atom stereocenters. The third-order valence-electron chi connectivity index (χ3n) is 4.39. The highest BCUT2D eigenvalue weighted by Gasteiger charge is 2.25. The summed E-state index contributed by atoms with van der Waals surface area (Å²) >= 11 is 0. The summed E-state index contributed by atoms with van der Waals surface area (Å²) in [5, 5.41) is -0.0763. The zero-order chi connectivity index (χ0) is 13.5. The summed E-state index contributed by atoms with van der Waals surface area (Å²) in [6.07, 6.45) is 14.2. The molecule has 0 aromatic heterocycles. The lowest BCUT2D eigenvalue weighted by Gasteiger charge is -2.25. The summed E-state index contributed by atoms with van der Waals surface area (Å²) in [6.45, 7) is 0. The van der Waals surface area contributed by atoms with Crippen molar-refractivity contribution in [3.8, 4) is 0 Å². The lowest BCUT2D eigenvalue weighted by atomic mass is 9.89. The van der Waals surface area contributed by atoms with E-state index in [1.807, 2.05) is 0 Å². The summed E-state index contributed by atoms with van der Waals surface area (Å²) in [4.78, 5) is 8.87. The number of rotatable bonds is 4. The molecule has 2 aliphatic rings. The monoisotopic (exact) mass is 282 g/mol. The van der Waals surface area contributed by atoms with Crippen LogP contribution in [0, 0.1) is 5.92 Å². The van der Waals surface area contributed by atoms with Crippen molar-refractivity contribution >= 4 is 16.8 Å². The summed E-state index contributed by atoms with van der Waals surface area (Å²) in [5.74, 6) is 0.480. The molecule has 19 heavy (non-hydrogen) atoms. The Morgan fingerprint density at radius 1 is 1.00 bits per heavy atom. The molecule has 2 fully saturated rings. The zero-order valence-corrected chi connectivity index (χ0v) is 12.8. The maximum absolute atomic E-state index is 11.9. The molecule has 0 saturated heterocycles. The van der Waals surface area contributed by atoms with Crippen LogP contribution in [0.1, 0.15) is 64.2 Å². The first kappa shape index (κ1) is 14.9. The van der Waals surface area contributed by atoms with Crippen LogP contribution < -0.4 is 0 Å². The summed E-state index contributed by atoms with van der Waals surface area (Å²) < 4.78 is 11.9. The quantitative estimate of drug-likeness (QED) is 0.723. The molecule has 2 saturated carbocycles. The molecule has 0 aromatic rings. The molecule has 0 aliphatic heterocycles. The van der Waals surface area contributed by atoms with Crippen LogP contribution in [0.4, 0.5) is 0 Å². The molecule has 0 aromatic carbocycles. The van der Waals surface area contributed by atoms with Gasteiger partial charge in [-0.1, -0.05) is 38.5 Å². The van der Waals surface area contributed by atoms with Crippen molar-refractivity contribution in [3.05, 3.63) is 0 Å². The van der Waals surface area contributed by atoms with E-state index in [0.29, 0.717) is 12.0 Å². The van der Waals surface area contributed by atoms with Crippen LogP contribution >= 0.6 is 0 Å². The van der Waals surface area contributed by atoms with E-state index in [1.165, 1.54) is 64.2 Å². The van der Waals surface area contributed by atoms with Crippen LogP contribution in [0.15, 0.2) is 9.98 Å². The van der Waals surface area contributed by atoms with Gasteiger partial charge in [0.15, 0.2) is 0 Å². The number of nitrogens with zero attached hydrogens (tertiary/aromatic N) is 2. The SMILES string of the molecule is CS(=O)C(N=C=NC1CCCCC1)C1CCCCC1. The van der Waals surface area contributed by atoms with Gasteiger partial charge in [-0.2, -0.15) is 0 Å². The van der Waals surface area contributed by atoms with Gasteiger partial charge >= 0.3 is 0 Å². The maximum Gasteiger partial charge on any atom is 0.138 e.